The van der Waals surface area contributed by atoms with Gasteiger partial charge in [0.15, 0.2) is 11.4 Å². The average Bonchev–Trinajstić information content (AvgIpc) is 2.33. The molecule has 5 heteroatoms. The fourth-order valence-electron chi connectivity index (χ4n) is 1.58. The van der Waals surface area contributed by atoms with E-state index in [2.05, 4.69) is 9.72 Å². The summed E-state index contributed by atoms with van der Waals surface area (Å²) in [5.74, 6) is -0.904. The van der Waals surface area contributed by atoms with Gasteiger partial charge in [-0.1, -0.05) is 11.6 Å². The molecule has 1 radical (unpaired) electrons. The second-order valence-corrected chi connectivity index (χ2v) is 3.97. The first-order valence-electron chi connectivity index (χ1n) is 4.89. The summed E-state index contributed by atoms with van der Waals surface area (Å²) in [4.78, 5) is 15.5. The Labute approximate surface area is 103 Å². The maximum Gasteiger partial charge on any atom is 0.356 e. The molecule has 0 saturated carbocycles. The third kappa shape index (κ3) is 1.91. The van der Waals surface area contributed by atoms with Gasteiger partial charge in [-0.15, -0.1) is 0 Å². The van der Waals surface area contributed by atoms with Crippen LogP contribution >= 0.6 is 11.6 Å². The number of carbonyl (C=O) groups excluding carboxylic acids is 1. The zero-order chi connectivity index (χ0) is 12.6. The molecule has 1 aromatic heterocycles. The first kappa shape index (κ1) is 11.7. The van der Waals surface area contributed by atoms with Crippen LogP contribution in [-0.2, 0) is 9.84 Å². The lowest BCUT2D eigenvalue weighted by molar-refractivity contribution is 0.0594. The Kier molecular flexibility index (Phi) is 2.90. The third-order valence-corrected chi connectivity index (χ3v) is 2.93. The number of pyridine rings is 1. The number of aromatic nitrogens is 1. The maximum atomic E-state index is 11.8. The standard InChI is InChI=1S/C12H9ClNO3/c1-6-8(13)4-3-7-10(15)5-9(12(16)17-2)14-11(6)7/h3-5H,1-2H3. The number of rotatable bonds is 1. The van der Waals surface area contributed by atoms with E-state index in [1.54, 1.807) is 19.1 Å². The minimum Gasteiger partial charge on any atom is -0.464 e. The van der Waals surface area contributed by atoms with E-state index in [-0.39, 0.29) is 11.4 Å². The van der Waals surface area contributed by atoms with Gasteiger partial charge in [0.2, 0.25) is 0 Å². The molecule has 1 aromatic carbocycles. The predicted molar refractivity (Wildman–Crippen MR) is 63.0 cm³/mol. The molecule has 0 unspecified atom stereocenters. The van der Waals surface area contributed by atoms with E-state index in [0.29, 0.717) is 21.5 Å². The Morgan fingerprint density at radius 3 is 2.76 bits per heavy atom. The number of methoxy groups -OCH3 is 1. The van der Waals surface area contributed by atoms with Crippen LogP contribution in [0.25, 0.3) is 10.9 Å². The zero-order valence-electron chi connectivity index (χ0n) is 9.28. The van der Waals surface area contributed by atoms with Crippen LogP contribution in [0.3, 0.4) is 0 Å². The Morgan fingerprint density at radius 1 is 1.41 bits per heavy atom. The highest BCUT2D eigenvalue weighted by Gasteiger charge is 2.15. The van der Waals surface area contributed by atoms with Crippen LogP contribution in [0.2, 0.25) is 5.02 Å². The fraction of sp³-hybridized carbons (Fsp3) is 0.167. The zero-order valence-corrected chi connectivity index (χ0v) is 10.0. The summed E-state index contributed by atoms with van der Waals surface area (Å²) in [6.07, 6.45) is 0. The summed E-state index contributed by atoms with van der Waals surface area (Å²) in [5.41, 5.74) is 1.10. The Morgan fingerprint density at radius 2 is 2.12 bits per heavy atom. The van der Waals surface area contributed by atoms with E-state index in [1.807, 2.05) is 0 Å². The van der Waals surface area contributed by atoms with Crippen LogP contribution in [0.1, 0.15) is 16.1 Å². The summed E-state index contributed by atoms with van der Waals surface area (Å²) >= 11 is 5.95. The van der Waals surface area contributed by atoms with Gasteiger partial charge in [0.25, 0.3) is 0 Å². The van der Waals surface area contributed by atoms with E-state index in [9.17, 15) is 9.90 Å². The van der Waals surface area contributed by atoms with Crippen molar-refractivity contribution >= 4 is 28.5 Å². The monoisotopic (exact) mass is 250 g/mol. The normalized spacial score (nSPS) is 10.5. The van der Waals surface area contributed by atoms with Crippen molar-refractivity contribution in [3.8, 4) is 5.75 Å². The van der Waals surface area contributed by atoms with Gasteiger partial charge in [0, 0.05) is 16.5 Å². The number of ether oxygens (including phenoxy) is 1. The van der Waals surface area contributed by atoms with Gasteiger partial charge < -0.3 is 4.74 Å². The van der Waals surface area contributed by atoms with Crippen LogP contribution in [0.4, 0.5) is 0 Å². The van der Waals surface area contributed by atoms with Crippen LogP contribution in [0, 0.1) is 6.92 Å². The fourth-order valence-corrected chi connectivity index (χ4v) is 1.73. The highest BCUT2D eigenvalue weighted by atomic mass is 35.5. The molecule has 0 aliphatic carbocycles. The number of nitrogens with zero attached hydrogens (tertiary/aromatic N) is 1. The molecular weight excluding hydrogens is 242 g/mol. The molecule has 17 heavy (non-hydrogen) atoms. The average molecular weight is 251 g/mol. The molecule has 87 valence electrons. The topological polar surface area (TPSA) is 59.1 Å². The highest BCUT2D eigenvalue weighted by Crippen LogP contribution is 2.30. The largest absolute Gasteiger partial charge is 0.464 e. The van der Waals surface area contributed by atoms with Gasteiger partial charge in [0.05, 0.1) is 12.6 Å². The molecule has 4 nitrogen and oxygen atoms in total. The molecule has 1 heterocycles. The quantitative estimate of drug-likeness (QED) is 0.731. The van der Waals surface area contributed by atoms with E-state index in [1.165, 1.54) is 13.2 Å². The lowest BCUT2D eigenvalue weighted by Crippen LogP contribution is -2.04. The van der Waals surface area contributed by atoms with E-state index >= 15 is 0 Å². The molecule has 0 amide bonds. The van der Waals surface area contributed by atoms with Crippen molar-refractivity contribution in [2.24, 2.45) is 0 Å². The third-order valence-electron chi connectivity index (χ3n) is 2.52. The van der Waals surface area contributed by atoms with Crippen LogP contribution < -0.4 is 0 Å². The molecule has 0 fully saturated rings. The number of benzene rings is 1. The first-order chi connectivity index (χ1) is 8.04. The van der Waals surface area contributed by atoms with Crippen molar-refractivity contribution < 1.29 is 14.6 Å². The summed E-state index contributed by atoms with van der Waals surface area (Å²) in [5, 5.41) is 12.7. The predicted octanol–water partition coefficient (Wildman–Crippen LogP) is 3.13. The molecule has 0 saturated heterocycles. The van der Waals surface area contributed by atoms with Gasteiger partial charge in [-0.25, -0.2) is 9.78 Å². The lowest BCUT2D eigenvalue weighted by Gasteiger charge is -2.06. The number of aryl methyl sites for hydroxylation is 1. The van der Waals surface area contributed by atoms with E-state index in [4.69, 9.17) is 11.6 Å². The van der Waals surface area contributed by atoms with Gasteiger partial charge in [-0.05, 0) is 24.6 Å². The van der Waals surface area contributed by atoms with Crippen molar-refractivity contribution in [3.05, 3.63) is 34.5 Å². The SMILES string of the molecule is COC(=O)c1cc([O])c2ccc(Cl)c(C)c2n1. The molecule has 0 aliphatic rings. The number of fused-ring (bicyclic) bond motifs is 1. The summed E-state index contributed by atoms with van der Waals surface area (Å²) < 4.78 is 4.54. The number of esters is 1. The van der Waals surface area contributed by atoms with Gasteiger partial charge in [-0.2, -0.15) is 0 Å². The van der Waals surface area contributed by atoms with Crippen molar-refractivity contribution in [2.75, 3.05) is 7.11 Å². The Bertz CT molecular complexity index is 610. The van der Waals surface area contributed by atoms with Crippen molar-refractivity contribution in [2.45, 2.75) is 6.92 Å². The summed E-state index contributed by atoms with van der Waals surface area (Å²) in [7, 11) is 1.24. The van der Waals surface area contributed by atoms with E-state index in [0.717, 1.165) is 0 Å². The number of carbonyl (C=O) groups is 1. The van der Waals surface area contributed by atoms with E-state index < -0.39 is 5.97 Å². The highest BCUT2D eigenvalue weighted by molar-refractivity contribution is 6.32. The second-order valence-electron chi connectivity index (χ2n) is 3.57. The van der Waals surface area contributed by atoms with Crippen LogP contribution in [0.15, 0.2) is 18.2 Å². The molecular formula is C12H9ClNO3. The minimum absolute atomic E-state index is 0.00429. The molecule has 0 atom stereocenters. The lowest BCUT2D eigenvalue weighted by atomic mass is 10.1. The van der Waals surface area contributed by atoms with Crippen molar-refractivity contribution in [1.29, 1.82) is 0 Å². The Balaban J connectivity index is 2.79. The molecule has 0 spiro atoms. The smallest absolute Gasteiger partial charge is 0.356 e. The van der Waals surface area contributed by atoms with Gasteiger partial charge >= 0.3 is 5.97 Å². The second kappa shape index (κ2) is 4.22. The minimum atomic E-state index is -0.636. The molecule has 0 aliphatic heterocycles. The molecule has 0 N–H and O–H groups in total. The van der Waals surface area contributed by atoms with Gasteiger partial charge in [0.1, 0.15) is 0 Å². The molecule has 2 rings (SSSR count). The van der Waals surface area contributed by atoms with Crippen LogP contribution in [-0.4, -0.2) is 18.1 Å². The Hall–Kier alpha value is -1.81. The number of hydrogen-bond donors (Lipinski definition) is 0. The number of hydrogen-bond acceptors (Lipinski definition) is 3. The maximum absolute atomic E-state index is 11.8. The van der Waals surface area contributed by atoms with Crippen molar-refractivity contribution in [3.63, 3.8) is 0 Å². The van der Waals surface area contributed by atoms with Gasteiger partial charge in [-0.3, -0.25) is 5.11 Å². The first-order valence-corrected chi connectivity index (χ1v) is 5.27. The van der Waals surface area contributed by atoms with Crippen molar-refractivity contribution in [1.82, 2.24) is 4.98 Å². The summed E-state index contributed by atoms with van der Waals surface area (Å²) in [6.45, 7) is 1.75. The van der Waals surface area contributed by atoms with Crippen LogP contribution in [0.5, 0.6) is 5.75 Å². The molecule has 2 aromatic rings. The number of halogens is 1. The molecule has 0 bridgehead atoms. The summed E-state index contributed by atoms with van der Waals surface area (Å²) in [6, 6.07) is 4.41.